The number of ether oxygens (including phenoxy) is 1. The average Bonchev–Trinajstić information content (AvgIpc) is 2.82. The molecule has 2 heterocycles. The number of fused-ring (bicyclic) bond motifs is 1. The Hall–Kier alpha value is -1.62. The maximum atomic E-state index is 13.3. The van der Waals surface area contributed by atoms with Crippen molar-refractivity contribution in [2.24, 2.45) is 0 Å². The first-order chi connectivity index (χ1) is 10.1. The minimum absolute atomic E-state index is 0.0774. The monoisotopic (exact) mass is 291 g/mol. The summed E-state index contributed by atoms with van der Waals surface area (Å²) in [5.74, 6) is 0.180. The number of benzene rings is 1. The molecule has 1 unspecified atom stereocenters. The van der Waals surface area contributed by atoms with Gasteiger partial charge in [0.15, 0.2) is 0 Å². The van der Waals surface area contributed by atoms with E-state index in [0.29, 0.717) is 11.5 Å². The summed E-state index contributed by atoms with van der Waals surface area (Å²) >= 11 is 0. The SMILES string of the molecule is CCC1(CC)CC(n2c(N)nc3cc(F)ccc32)CCO1. The van der Waals surface area contributed by atoms with E-state index in [1.54, 1.807) is 6.07 Å². The number of halogens is 1. The molecule has 1 atom stereocenters. The van der Waals surface area contributed by atoms with E-state index in [0.717, 1.165) is 37.8 Å². The van der Waals surface area contributed by atoms with Crippen molar-refractivity contribution in [3.05, 3.63) is 24.0 Å². The second-order valence-corrected chi connectivity index (χ2v) is 5.86. The summed E-state index contributed by atoms with van der Waals surface area (Å²) in [5.41, 5.74) is 7.54. The van der Waals surface area contributed by atoms with Gasteiger partial charge in [0.25, 0.3) is 0 Å². The van der Waals surface area contributed by atoms with Crippen molar-refractivity contribution in [1.82, 2.24) is 9.55 Å². The summed E-state index contributed by atoms with van der Waals surface area (Å²) in [6, 6.07) is 4.93. The summed E-state index contributed by atoms with van der Waals surface area (Å²) in [7, 11) is 0. The smallest absolute Gasteiger partial charge is 0.201 e. The van der Waals surface area contributed by atoms with Crippen LogP contribution in [0.1, 0.15) is 45.6 Å². The second-order valence-electron chi connectivity index (χ2n) is 5.86. The molecule has 3 rings (SSSR count). The van der Waals surface area contributed by atoms with Crippen molar-refractivity contribution >= 4 is 17.0 Å². The molecular formula is C16H22FN3O. The van der Waals surface area contributed by atoms with Gasteiger partial charge in [-0.15, -0.1) is 0 Å². The first kappa shape index (κ1) is 14.3. The number of aromatic nitrogens is 2. The van der Waals surface area contributed by atoms with E-state index in [1.165, 1.54) is 12.1 Å². The predicted molar refractivity (Wildman–Crippen MR) is 81.6 cm³/mol. The Balaban J connectivity index is 2.02. The summed E-state index contributed by atoms with van der Waals surface area (Å²) < 4.78 is 21.4. The normalized spacial score (nSPS) is 21.8. The third-order valence-corrected chi connectivity index (χ3v) is 4.80. The quantitative estimate of drug-likeness (QED) is 0.938. The maximum Gasteiger partial charge on any atom is 0.201 e. The second kappa shape index (κ2) is 5.30. The van der Waals surface area contributed by atoms with E-state index in [2.05, 4.69) is 23.4 Å². The topological polar surface area (TPSA) is 53.1 Å². The molecule has 2 aromatic rings. The van der Waals surface area contributed by atoms with Crippen molar-refractivity contribution in [3.63, 3.8) is 0 Å². The number of nitrogens with two attached hydrogens (primary N) is 1. The lowest BCUT2D eigenvalue weighted by atomic mass is 9.85. The first-order valence-corrected chi connectivity index (χ1v) is 7.65. The summed E-state index contributed by atoms with van der Waals surface area (Å²) in [6.45, 7) is 5.06. The highest BCUT2D eigenvalue weighted by molar-refractivity contribution is 5.78. The standard InChI is InChI=1S/C16H22FN3O/c1-3-16(4-2)10-12(7-8-21-16)20-14-6-5-11(17)9-13(14)19-15(20)18/h5-6,9,12H,3-4,7-8,10H2,1-2H3,(H2,18,19). The van der Waals surface area contributed by atoms with Gasteiger partial charge in [-0.3, -0.25) is 0 Å². The van der Waals surface area contributed by atoms with Gasteiger partial charge in [0, 0.05) is 18.7 Å². The minimum Gasteiger partial charge on any atom is -0.375 e. The average molecular weight is 291 g/mol. The van der Waals surface area contributed by atoms with Crippen LogP contribution in [0.4, 0.5) is 10.3 Å². The lowest BCUT2D eigenvalue weighted by molar-refractivity contribution is -0.0979. The van der Waals surface area contributed by atoms with Crippen molar-refractivity contribution < 1.29 is 9.13 Å². The highest BCUT2D eigenvalue weighted by atomic mass is 19.1. The first-order valence-electron chi connectivity index (χ1n) is 7.65. The largest absolute Gasteiger partial charge is 0.375 e. The molecule has 1 saturated heterocycles. The fourth-order valence-corrected chi connectivity index (χ4v) is 3.44. The van der Waals surface area contributed by atoms with Crippen LogP contribution in [0, 0.1) is 5.82 Å². The van der Waals surface area contributed by atoms with Gasteiger partial charge >= 0.3 is 0 Å². The van der Waals surface area contributed by atoms with E-state index in [4.69, 9.17) is 10.5 Å². The Labute approximate surface area is 124 Å². The minimum atomic E-state index is -0.282. The highest BCUT2D eigenvalue weighted by Gasteiger charge is 2.36. The van der Waals surface area contributed by atoms with Crippen molar-refractivity contribution in [1.29, 1.82) is 0 Å². The van der Waals surface area contributed by atoms with Gasteiger partial charge in [0.05, 0.1) is 16.6 Å². The van der Waals surface area contributed by atoms with Gasteiger partial charge in [-0.25, -0.2) is 9.37 Å². The number of imidazole rings is 1. The Bertz CT molecular complexity index is 648. The molecule has 0 amide bonds. The zero-order chi connectivity index (χ0) is 15.0. The molecule has 114 valence electrons. The molecule has 0 saturated carbocycles. The van der Waals surface area contributed by atoms with E-state index in [9.17, 15) is 4.39 Å². The van der Waals surface area contributed by atoms with Gasteiger partial charge in [-0.2, -0.15) is 0 Å². The van der Waals surface area contributed by atoms with Crippen LogP contribution in [0.3, 0.4) is 0 Å². The molecule has 1 aliphatic heterocycles. The fraction of sp³-hybridized carbons (Fsp3) is 0.562. The molecule has 1 aromatic heterocycles. The zero-order valence-corrected chi connectivity index (χ0v) is 12.6. The number of nitrogen functional groups attached to an aromatic ring is 1. The van der Waals surface area contributed by atoms with Crippen LogP contribution in [-0.2, 0) is 4.74 Å². The fourth-order valence-electron chi connectivity index (χ4n) is 3.44. The molecule has 0 spiro atoms. The van der Waals surface area contributed by atoms with E-state index < -0.39 is 0 Å². The lowest BCUT2D eigenvalue weighted by Gasteiger charge is -2.40. The molecule has 1 aliphatic rings. The molecule has 2 N–H and O–H groups in total. The Morgan fingerprint density at radius 3 is 2.90 bits per heavy atom. The van der Waals surface area contributed by atoms with Crippen LogP contribution >= 0.6 is 0 Å². The molecule has 1 aromatic carbocycles. The maximum absolute atomic E-state index is 13.3. The zero-order valence-electron chi connectivity index (χ0n) is 12.6. The Morgan fingerprint density at radius 1 is 1.43 bits per heavy atom. The lowest BCUT2D eigenvalue weighted by Crippen LogP contribution is -2.39. The third-order valence-electron chi connectivity index (χ3n) is 4.80. The Morgan fingerprint density at radius 2 is 2.19 bits per heavy atom. The molecule has 0 bridgehead atoms. The molecule has 0 radical (unpaired) electrons. The van der Waals surface area contributed by atoms with Crippen molar-refractivity contribution in [3.8, 4) is 0 Å². The van der Waals surface area contributed by atoms with E-state index in [-0.39, 0.29) is 17.5 Å². The number of hydrogen-bond donors (Lipinski definition) is 1. The van der Waals surface area contributed by atoms with E-state index >= 15 is 0 Å². The highest BCUT2D eigenvalue weighted by Crippen LogP contribution is 2.39. The van der Waals surface area contributed by atoms with Crippen LogP contribution in [-0.4, -0.2) is 21.8 Å². The van der Waals surface area contributed by atoms with Gasteiger partial charge in [-0.05, 0) is 37.8 Å². The summed E-state index contributed by atoms with van der Waals surface area (Å²) in [4.78, 5) is 4.31. The van der Waals surface area contributed by atoms with Gasteiger partial charge in [0.1, 0.15) is 5.82 Å². The van der Waals surface area contributed by atoms with Crippen LogP contribution in [0.2, 0.25) is 0 Å². The summed E-state index contributed by atoms with van der Waals surface area (Å²) in [5, 5.41) is 0. The van der Waals surface area contributed by atoms with Crippen LogP contribution < -0.4 is 5.73 Å². The molecule has 0 aliphatic carbocycles. The Kier molecular flexibility index (Phi) is 3.61. The van der Waals surface area contributed by atoms with Crippen LogP contribution in [0.25, 0.3) is 11.0 Å². The van der Waals surface area contributed by atoms with Crippen molar-refractivity contribution in [2.75, 3.05) is 12.3 Å². The molecular weight excluding hydrogens is 269 g/mol. The number of rotatable bonds is 3. The van der Waals surface area contributed by atoms with Gasteiger partial charge < -0.3 is 15.0 Å². The summed E-state index contributed by atoms with van der Waals surface area (Å²) in [6.07, 6.45) is 3.81. The van der Waals surface area contributed by atoms with E-state index in [1.807, 2.05) is 0 Å². The van der Waals surface area contributed by atoms with Gasteiger partial charge in [0.2, 0.25) is 5.95 Å². The third kappa shape index (κ3) is 2.39. The number of nitrogens with zero attached hydrogens (tertiary/aromatic N) is 2. The number of hydrogen-bond acceptors (Lipinski definition) is 3. The van der Waals surface area contributed by atoms with Crippen molar-refractivity contribution in [2.45, 2.75) is 51.2 Å². The van der Waals surface area contributed by atoms with Crippen LogP contribution in [0.15, 0.2) is 18.2 Å². The van der Waals surface area contributed by atoms with Crippen LogP contribution in [0.5, 0.6) is 0 Å². The molecule has 1 fully saturated rings. The number of anilines is 1. The van der Waals surface area contributed by atoms with Gasteiger partial charge in [-0.1, -0.05) is 13.8 Å². The predicted octanol–water partition coefficient (Wildman–Crippen LogP) is 3.67. The molecule has 5 heteroatoms. The molecule has 4 nitrogen and oxygen atoms in total. The molecule has 21 heavy (non-hydrogen) atoms.